The van der Waals surface area contributed by atoms with Gasteiger partial charge in [0, 0.05) is 32.0 Å². The molecule has 0 fully saturated rings. The van der Waals surface area contributed by atoms with Crippen LogP contribution in [0.3, 0.4) is 0 Å². The van der Waals surface area contributed by atoms with Gasteiger partial charge in [-0.05, 0) is 127 Å². The van der Waals surface area contributed by atoms with Crippen molar-refractivity contribution in [1.82, 2.24) is 0 Å². The summed E-state index contributed by atoms with van der Waals surface area (Å²) in [6.07, 6.45) is 4.90. The maximum atomic E-state index is 2.60. The fourth-order valence-corrected chi connectivity index (χ4v) is 14.6. The molecule has 0 saturated heterocycles. The Hall–Kier alpha value is -6.87. The van der Waals surface area contributed by atoms with Crippen LogP contribution in [0.1, 0.15) is 47.2 Å². The summed E-state index contributed by atoms with van der Waals surface area (Å²) in [5.74, 6) is 0. The lowest BCUT2D eigenvalue weighted by Gasteiger charge is -2.36. The lowest BCUT2D eigenvalue weighted by atomic mass is 9.70. The Balaban J connectivity index is 1.07. The number of hydrogen-bond acceptors (Lipinski definition) is 1. The maximum Gasteiger partial charge on any atom is 0.0746 e. The molecule has 1 spiro atoms. The zero-order chi connectivity index (χ0) is 41.5. The predicted octanol–water partition coefficient (Wildman–Crippen LogP) is 15.9. The fraction of sp³-hybridized carbons (Fsp3) is 0.100. The number of nitrogens with zero attached hydrogens (tertiary/aromatic N) is 1. The van der Waals surface area contributed by atoms with E-state index in [4.69, 9.17) is 0 Å². The first-order chi connectivity index (χ1) is 30.3. The van der Waals surface area contributed by atoms with Gasteiger partial charge in [0.05, 0.1) is 16.8 Å². The van der Waals surface area contributed by atoms with Crippen LogP contribution in [0.4, 0.5) is 17.1 Å². The van der Waals surface area contributed by atoms with E-state index in [2.05, 4.69) is 231 Å². The van der Waals surface area contributed by atoms with E-state index in [1.165, 1.54) is 110 Å². The Kier molecular flexibility index (Phi) is 7.28. The van der Waals surface area contributed by atoms with Gasteiger partial charge in [0.1, 0.15) is 0 Å². The first-order valence-corrected chi connectivity index (χ1v) is 24.3. The molecule has 0 aromatic heterocycles. The van der Waals surface area contributed by atoms with Crippen LogP contribution >= 0.6 is 10.0 Å². The van der Waals surface area contributed by atoms with Crippen LogP contribution in [-0.4, -0.2) is 12.5 Å². The summed E-state index contributed by atoms with van der Waals surface area (Å²) < 4.78 is 0. The van der Waals surface area contributed by atoms with E-state index < -0.39 is 15.4 Å². The minimum atomic E-state index is -1.12. The monoisotopic (exact) mass is 811 g/mol. The van der Waals surface area contributed by atoms with Gasteiger partial charge < -0.3 is 4.90 Å². The van der Waals surface area contributed by atoms with Crippen LogP contribution in [0.5, 0.6) is 0 Å². The molecule has 296 valence electrons. The second-order valence-electron chi connectivity index (χ2n) is 18.4. The third kappa shape index (κ3) is 4.50. The summed E-state index contributed by atoms with van der Waals surface area (Å²) in [6, 6.07) is 76.1. The Bertz CT molecular complexity index is 3300. The van der Waals surface area contributed by atoms with Crippen molar-refractivity contribution in [2.45, 2.75) is 34.5 Å². The standard InChI is InChI=1S/C60H45NS/c1-59(2)48-23-10-8-21-47(48)57-52(59)27-16-28-53(57)61(40-34-31-38(32-35-40)39-33-36-45-44-20-9-14-30-55(44)62(3,4)56(45)37-39)54-29-15-22-46-43-19-7-13-26-51(43)60(58(46)54)49-24-11-5-17-41(49)42-18-6-12-25-50(42)60/h5-37H,1-4H3. The predicted molar refractivity (Wildman–Crippen MR) is 262 cm³/mol. The summed E-state index contributed by atoms with van der Waals surface area (Å²) in [4.78, 5) is 5.56. The van der Waals surface area contributed by atoms with Crippen LogP contribution in [0.15, 0.2) is 210 Å². The quantitative estimate of drug-likeness (QED) is 0.171. The highest BCUT2D eigenvalue weighted by Gasteiger charge is 2.53. The third-order valence-electron chi connectivity index (χ3n) is 14.8. The molecule has 0 saturated carbocycles. The molecule has 1 nitrogen and oxygen atoms in total. The summed E-state index contributed by atoms with van der Waals surface area (Å²) >= 11 is 0. The first kappa shape index (κ1) is 35.8. The van der Waals surface area contributed by atoms with Gasteiger partial charge in [-0.3, -0.25) is 0 Å². The van der Waals surface area contributed by atoms with E-state index in [-0.39, 0.29) is 5.41 Å². The van der Waals surface area contributed by atoms with Crippen molar-refractivity contribution in [1.29, 1.82) is 0 Å². The molecule has 0 N–H and O–H groups in total. The molecule has 13 rings (SSSR count). The van der Waals surface area contributed by atoms with E-state index in [0.717, 1.165) is 5.69 Å². The minimum Gasteiger partial charge on any atom is -0.310 e. The van der Waals surface area contributed by atoms with E-state index in [0.29, 0.717) is 0 Å². The Morgan fingerprint density at radius 3 is 1.53 bits per heavy atom. The maximum absolute atomic E-state index is 2.60. The molecule has 0 radical (unpaired) electrons. The number of fused-ring (bicyclic) bond motifs is 16. The zero-order valence-corrected chi connectivity index (χ0v) is 36.2. The van der Waals surface area contributed by atoms with Crippen LogP contribution in [-0.2, 0) is 10.8 Å². The molecular formula is C60H45NS. The van der Waals surface area contributed by atoms with E-state index >= 15 is 0 Å². The normalized spacial score (nSPS) is 16.0. The Labute approximate surface area is 366 Å². The van der Waals surface area contributed by atoms with Gasteiger partial charge in [0.25, 0.3) is 0 Å². The van der Waals surface area contributed by atoms with Gasteiger partial charge >= 0.3 is 0 Å². The van der Waals surface area contributed by atoms with Crippen LogP contribution in [0.25, 0.3) is 55.6 Å². The minimum absolute atomic E-state index is 0.139. The molecule has 3 aliphatic carbocycles. The van der Waals surface area contributed by atoms with Gasteiger partial charge in [0.15, 0.2) is 0 Å². The summed E-state index contributed by atoms with van der Waals surface area (Å²) in [5.41, 5.74) is 24.2. The summed E-state index contributed by atoms with van der Waals surface area (Å²) in [6.45, 7) is 4.77. The number of hydrogen-bond donors (Lipinski definition) is 0. The zero-order valence-electron chi connectivity index (χ0n) is 35.4. The average molecular weight is 812 g/mol. The van der Waals surface area contributed by atoms with E-state index in [1.54, 1.807) is 0 Å². The van der Waals surface area contributed by atoms with Crippen molar-refractivity contribution in [2.24, 2.45) is 0 Å². The van der Waals surface area contributed by atoms with Crippen molar-refractivity contribution in [3.63, 3.8) is 0 Å². The SMILES string of the molecule is CC1(C)c2ccccc2-c2c(N(c3ccc(-c4ccc5c(c4)S(C)(C)c4ccccc4-5)cc3)c3cccc4c3C3(c5ccccc5-c5ccccc53)c3ccccc3-4)cccc21. The molecule has 0 atom stereocenters. The number of anilines is 3. The molecule has 4 aliphatic rings. The van der Waals surface area contributed by atoms with Gasteiger partial charge in [-0.25, -0.2) is 0 Å². The van der Waals surface area contributed by atoms with E-state index in [1.807, 2.05) is 0 Å². The number of benzene rings is 9. The largest absolute Gasteiger partial charge is 0.310 e. The smallest absolute Gasteiger partial charge is 0.0746 e. The van der Waals surface area contributed by atoms with E-state index in [9.17, 15) is 0 Å². The second-order valence-corrected chi connectivity index (χ2v) is 21.9. The molecule has 9 aromatic rings. The highest BCUT2D eigenvalue weighted by atomic mass is 32.3. The van der Waals surface area contributed by atoms with Gasteiger partial charge in [0.2, 0.25) is 0 Å². The third-order valence-corrected chi connectivity index (χ3v) is 17.7. The Morgan fingerprint density at radius 2 is 0.855 bits per heavy atom. The molecule has 62 heavy (non-hydrogen) atoms. The first-order valence-electron chi connectivity index (χ1n) is 21.8. The van der Waals surface area contributed by atoms with Gasteiger partial charge in [-0.2, -0.15) is 10.0 Å². The number of rotatable bonds is 4. The summed E-state index contributed by atoms with van der Waals surface area (Å²) in [5, 5.41) is 0. The van der Waals surface area contributed by atoms with Crippen LogP contribution in [0, 0.1) is 0 Å². The highest BCUT2D eigenvalue weighted by molar-refractivity contribution is 8.33. The molecular weight excluding hydrogens is 767 g/mol. The van der Waals surface area contributed by atoms with Crippen LogP contribution in [0.2, 0.25) is 0 Å². The van der Waals surface area contributed by atoms with Crippen LogP contribution < -0.4 is 4.90 Å². The molecule has 2 heteroatoms. The van der Waals surface area contributed by atoms with Crippen molar-refractivity contribution in [2.75, 3.05) is 17.4 Å². The fourth-order valence-electron chi connectivity index (χ4n) is 12.1. The molecule has 0 amide bonds. The molecule has 0 bridgehead atoms. The Morgan fingerprint density at radius 1 is 0.371 bits per heavy atom. The van der Waals surface area contributed by atoms with Crippen molar-refractivity contribution in [3.05, 3.63) is 234 Å². The highest BCUT2D eigenvalue weighted by Crippen LogP contribution is 2.68. The lowest BCUT2D eigenvalue weighted by Crippen LogP contribution is -2.28. The van der Waals surface area contributed by atoms with Crippen molar-refractivity contribution < 1.29 is 0 Å². The molecule has 0 unspecified atom stereocenters. The lowest BCUT2D eigenvalue weighted by molar-refractivity contribution is 0.660. The van der Waals surface area contributed by atoms with Gasteiger partial charge in [-0.15, -0.1) is 0 Å². The average Bonchev–Trinajstić information content (AvgIpc) is 3.95. The van der Waals surface area contributed by atoms with Crippen molar-refractivity contribution in [3.8, 4) is 55.6 Å². The topological polar surface area (TPSA) is 3.24 Å². The van der Waals surface area contributed by atoms with Gasteiger partial charge in [-0.1, -0.05) is 178 Å². The molecule has 1 aliphatic heterocycles. The second kappa shape index (κ2) is 12.6. The summed E-state index contributed by atoms with van der Waals surface area (Å²) in [7, 11) is -1.12. The molecule has 1 heterocycles. The van der Waals surface area contributed by atoms with Crippen molar-refractivity contribution >= 4 is 27.1 Å². The molecule has 9 aromatic carbocycles.